The van der Waals surface area contributed by atoms with E-state index in [4.69, 9.17) is 4.52 Å². The second kappa shape index (κ2) is 12.5. The van der Waals surface area contributed by atoms with Crippen molar-refractivity contribution >= 4 is 5.96 Å². The maximum atomic E-state index is 5.37. The van der Waals surface area contributed by atoms with Crippen molar-refractivity contribution in [2.75, 3.05) is 33.2 Å². The predicted molar refractivity (Wildman–Crippen MR) is 127 cm³/mol. The molecule has 170 valence electrons. The fraction of sp³-hybridized carbons (Fsp3) is 0.600. The summed E-state index contributed by atoms with van der Waals surface area (Å²) >= 11 is 0. The van der Waals surface area contributed by atoms with Crippen LogP contribution in [0.1, 0.15) is 62.5 Å². The summed E-state index contributed by atoms with van der Waals surface area (Å²) < 4.78 is 5.37. The topological polar surface area (TPSA) is 65.7 Å². The number of nitrogens with zero attached hydrogens (tertiary/aromatic N) is 3. The number of rotatable bonds is 10. The van der Waals surface area contributed by atoms with Crippen LogP contribution in [0.3, 0.4) is 0 Å². The molecule has 1 saturated heterocycles. The summed E-state index contributed by atoms with van der Waals surface area (Å²) in [6.07, 6.45) is 6.24. The van der Waals surface area contributed by atoms with E-state index in [1.807, 2.05) is 6.07 Å². The van der Waals surface area contributed by atoms with Crippen LogP contribution in [0.2, 0.25) is 0 Å². The first-order valence-electron chi connectivity index (χ1n) is 11.8. The summed E-state index contributed by atoms with van der Waals surface area (Å²) in [5, 5.41) is 10.8. The maximum Gasteiger partial charge on any atom is 0.191 e. The zero-order valence-electron chi connectivity index (χ0n) is 19.4. The van der Waals surface area contributed by atoms with Gasteiger partial charge in [-0.15, -0.1) is 0 Å². The lowest BCUT2D eigenvalue weighted by Gasteiger charge is -2.32. The lowest BCUT2D eigenvalue weighted by Crippen LogP contribution is -2.38. The fourth-order valence-electron chi connectivity index (χ4n) is 4.10. The van der Waals surface area contributed by atoms with E-state index in [2.05, 4.69) is 69.9 Å². The van der Waals surface area contributed by atoms with Gasteiger partial charge in [0.1, 0.15) is 0 Å². The Kier molecular flexibility index (Phi) is 9.40. The molecule has 0 radical (unpaired) electrons. The van der Waals surface area contributed by atoms with Gasteiger partial charge < -0.3 is 20.1 Å². The maximum absolute atomic E-state index is 5.37. The van der Waals surface area contributed by atoms with Crippen molar-refractivity contribution < 1.29 is 4.52 Å². The van der Waals surface area contributed by atoms with Crippen LogP contribution in [0, 0.1) is 5.92 Å². The Bertz CT molecular complexity index is 778. The largest absolute Gasteiger partial charge is 0.359 e. The van der Waals surface area contributed by atoms with Gasteiger partial charge in [0.2, 0.25) is 0 Å². The molecule has 1 fully saturated rings. The van der Waals surface area contributed by atoms with Gasteiger partial charge in [-0.2, -0.15) is 0 Å². The van der Waals surface area contributed by atoms with E-state index in [0.717, 1.165) is 36.3 Å². The molecule has 6 heteroatoms. The van der Waals surface area contributed by atoms with E-state index in [9.17, 15) is 0 Å². The molecule has 2 aromatic rings. The molecule has 31 heavy (non-hydrogen) atoms. The number of aromatic nitrogens is 1. The Labute approximate surface area is 187 Å². The number of nitrogens with one attached hydrogen (secondary N) is 2. The standard InChI is InChI=1S/C25H39N5O/c1-20(2)24-18-23(31-29-24)19-28-25(26-3)27-13-7-8-14-30-15-11-22(12-16-30)17-21-9-5-4-6-10-21/h4-6,9-10,18,20,22H,7-8,11-17,19H2,1-3H3,(H2,26,27,28). The summed E-state index contributed by atoms with van der Waals surface area (Å²) in [5.74, 6) is 2.87. The molecule has 0 saturated carbocycles. The number of likely N-dealkylation sites (tertiary alicyclic amines) is 1. The minimum atomic E-state index is 0.379. The zero-order chi connectivity index (χ0) is 21.9. The van der Waals surface area contributed by atoms with Crippen LogP contribution >= 0.6 is 0 Å². The van der Waals surface area contributed by atoms with Crippen molar-refractivity contribution in [3.05, 3.63) is 53.4 Å². The van der Waals surface area contributed by atoms with Crippen LogP contribution in [-0.4, -0.2) is 49.2 Å². The van der Waals surface area contributed by atoms with E-state index >= 15 is 0 Å². The van der Waals surface area contributed by atoms with Gasteiger partial charge in [-0.3, -0.25) is 4.99 Å². The first-order valence-corrected chi connectivity index (χ1v) is 11.8. The van der Waals surface area contributed by atoms with Crippen molar-refractivity contribution in [3.63, 3.8) is 0 Å². The van der Waals surface area contributed by atoms with Crippen molar-refractivity contribution in [2.24, 2.45) is 10.9 Å². The van der Waals surface area contributed by atoms with Crippen LogP contribution in [0.25, 0.3) is 0 Å². The molecule has 0 atom stereocenters. The average molecular weight is 426 g/mol. The van der Waals surface area contributed by atoms with E-state index in [-0.39, 0.29) is 0 Å². The molecule has 2 N–H and O–H groups in total. The lowest BCUT2D eigenvalue weighted by atomic mass is 9.90. The van der Waals surface area contributed by atoms with Crippen LogP contribution in [0.15, 0.2) is 45.9 Å². The van der Waals surface area contributed by atoms with Crippen molar-refractivity contribution in [3.8, 4) is 0 Å². The predicted octanol–water partition coefficient (Wildman–Crippen LogP) is 4.20. The molecule has 1 aromatic heterocycles. The van der Waals surface area contributed by atoms with Gasteiger partial charge in [0, 0.05) is 19.7 Å². The molecule has 3 rings (SSSR count). The molecule has 1 aliphatic rings. The summed E-state index contributed by atoms with van der Waals surface area (Å²) in [5.41, 5.74) is 2.47. The Morgan fingerprint density at radius 3 is 2.61 bits per heavy atom. The monoisotopic (exact) mass is 425 g/mol. The van der Waals surface area contributed by atoms with Crippen LogP contribution in [-0.2, 0) is 13.0 Å². The molecular weight excluding hydrogens is 386 g/mol. The number of guanidine groups is 1. The Morgan fingerprint density at radius 1 is 1.16 bits per heavy atom. The fourth-order valence-corrected chi connectivity index (χ4v) is 4.10. The second-order valence-electron chi connectivity index (χ2n) is 8.91. The Hall–Kier alpha value is -2.34. The molecule has 0 unspecified atom stereocenters. The van der Waals surface area contributed by atoms with Gasteiger partial charge in [-0.05, 0) is 69.1 Å². The van der Waals surface area contributed by atoms with E-state index < -0.39 is 0 Å². The number of benzene rings is 1. The van der Waals surface area contributed by atoms with Crippen LogP contribution in [0.5, 0.6) is 0 Å². The Balaban J connectivity index is 1.24. The first kappa shape index (κ1) is 23.3. The molecule has 0 spiro atoms. The minimum Gasteiger partial charge on any atom is -0.359 e. The summed E-state index contributed by atoms with van der Waals surface area (Å²) in [6, 6.07) is 12.9. The number of hydrogen-bond acceptors (Lipinski definition) is 4. The SMILES string of the molecule is CN=C(NCCCCN1CCC(Cc2ccccc2)CC1)NCc1cc(C(C)C)no1. The van der Waals surface area contributed by atoms with Gasteiger partial charge >= 0.3 is 0 Å². The van der Waals surface area contributed by atoms with Gasteiger partial charge in [-0.1, -0.05) is 49.3 Å². The quantitative estimate of drug-likeness (QED) is 0.339. The van der Waals surface area contributed by atoms with E-state index in [0.29, 0.717) is 12.5 Å². The van der Waals surface area contributed by atoms with Crippen LogP contribution < -0.4 is 10.6 Å². The van der Waals surface area contributed by atoms with Crippen LogP contribution in [0.4, 0.5) is 0 Å². The van der Waals surface area contributed by atoms with Crippen molar-refractivity contribution in [2.45, 2.75) is 58.4 Å². The highest BCUT2D eigenvalue weighted by atomic mass is 16.5. The third-order valence-electron chi connectivity index (χ3n) is 6.09. The van der Waals surface area contributed by atoms with Crippen molar-refractivity contribution in [1.29, 1.82) is 0 Å². The van der Waals surface area contributed by atoms with E-state index in [1.165, 1.54) is 50.9 Å². The lowest BCUT2D eigenvalue weighted by molar-refractivity contribution is 0.181. The highest BCUT2D eigenvalue weighted by Crippen LogP contribution is 2.21. The average Bonchev–Trinajstić information content (AvgIpc) is 3.27. The van der Waals surface area contributed by atoms with Crippen molar-refractivity contribution in [1.82, 2.24) is 20.7 Å². The van der Waals surface area contributed by atoms with Gasteiger partial charge in [0.15, 0.2) is 11.7 Å². The second-order valence-corrected chi connectivity index (χ2v) is 8.91. The van der Waals surface area contributed by atoms with E-state index in [1.54, 1.807) is 7.05 Å². The summed E-state index contributed by atoms with van der Waals surface area (Å²) in [7, 11) is 1.80. The minimum absolute atomic E-state index is 0.379. The number of hydrogen-bond donors (Lipinski definition) is 2. The summed E-state index contributed by atoms with van der Waals surface area (Å²) in [6.45, 7) is 9.43. The highest BCUT2D eigenvalue weighted by Gasteiger charge is 2.19. The highest BCUT2D eigenvalue weighted by molar-refractivity contribution is 5.79. The van der Waals surface area contributed by atoms with Gasteiger partial charge in [0.25, 0.3) is 0 Å². The molecule has 1 aliphatic heterocycles. The molecular formula is C25H39N5O. The molecule has 0 amide bonds. The Morgan fingerprint density at radius 2 is 1.94 bits per heavy atom. The molecule has 1 aromatic carbocycles. The normalized spacial score (nSPS) is 16.1. The van der Waals surface area contributed by atoms with Gasteiger partial charge in [0.05, 0.1) is 12.2 Å². The third-order valence-corrected chi connectivity index (χ3v) is 6.09. The van der Waals surface area contributed by atoms with Gasteiger partial charge in [-0.25, -0.2) is 0 Å². The third kappa shape index (κ3) is 8.02. The molecule has 0 bridgehead atoms. The molecule has 0 aliphatic carbocycles. The summed E-state index contributed by atoms with van der Waals surface area (Å²) in [4.78, 5) is 6.93. The number of aliphatic imine (C=N–C) groups is 1. The molecule has 6 nitrogen and oxygen atoms in total. The smallest absolute Gasteiger partial charge is 0.191 e. The first-order chi connectivity index (χ1) is 15.1. The molecule has 2 heterocycles. The zero-order valence-corrected chi connectivity index (χ0v) is 19.4. The number of unbranched alkanes of at least 4 members (excludes halogenated alkanes) is 1. The number of piperidine rings is 1.